The molecule has 1 saturated heterocycles. The zero-order valence-corrected chi connectivity index (χ0v) is 29.6. The maximum Gasteiger partial charge on any atom is 0.435 e. The monoisotopic (exact) mass is 785 g/mol. The molecule has 2 amide bonds. The number of thiazole rings is 1. The molecule has 2 aliphatic heterocycles. The molecule has 286 valence electrons. The second-order valence-corrected chi connectivity index (χ2v) is 15.9. The molecule has 2 aliphatic carbocycles. The first kappa shape index (κ1) is 35.6. The molecular weight excluding hydrogens is 756 g/mol. The van der Waals surface area contributed by atoms with Gasteiger partial charge in [-0.25, -0.2) is 13.8 Å². The van der Waals surface area contributed by atoms with Crippen LogP contribution in [-0.2, 0) is 36.4 Å². The topological polar surface area (TPSA) is 125 Å². The number of nitrogens with one attached hydrogen (secondary N) is 2. The van der Waals surface area contributed by atoms with Gasteiger partial charge in [0.2, 0.25) is 5.91 Å². The van der Waals surface area contributed by atoms with Crippen molar-refractivity contribution < 1.29 is 45.4 Å². The van der Waals surface area contributed by atoms with Crippen molar-refractivity contribution in [3.8, 4) is 11.1 Å². The number of hydrogen-bond acceptors (Lipinski definition) is 8. The molecule has 5 heterocycles. The number of benzene rings is 2. The van der Waals surface area contributed by atoms with E-state index in [9.17, 15) is 36.6 Å². The molecule has 18 heteroatoms. The largest absolute Gasteiger partial charge is 0.435 e. The van der Waals surface area contributed by atoms with E-state index >= 15 is 8.78 Å². The van der Waals surface area contributed by atoms with Gasteiger partial charge in [-0.05, 0) is 73.1 Å². The number of β-amino-alcohol motifs (C(OH)–C–C–N with tert-alkyl or cyclic N) is 1. The summed E-state index contributed by atoms with van der Waals surface area (Å²) in [6.07, 6.45) is -5.18. The van der Waals surface area contributed by atoms with Crippen LogP contribution < -0.4 is 15.5 Å². The summed E-state index contributed by atoms with van der Waals surface area (Å²) in [6, 6.07) is 8.30. The van der Waals surface area contributed by atoms with E-state index in [1.807, 2.05) is 4.90 Å². The van der Waals surface area contributed by atoms with Gasteiger partial charge in [0.25, 0.3) is 11.8 Å². The fourth-order valence-corrected chi connectivity index (χ4v) is 9.36. The number of aromatic nitrogens is 4. The van der Waals surface area contributed by atoms with E-state index in [2.05, 4.69) is 20.7 Å². The van der Waals surface area contributed by atoms with Gasteiger partial charge in [0.1, 0.15) is 23.9 Å². The van der Waals surface area contributed by atoms with Crippen molar-refractivity contribution >= 4 is 38.6 Å². The SMILES string of the molecule is CC1(O)CN(c2nc3nc([C@H](Cc4cc(F)cc(F)c4)NC(=O)Cn4nc(C(F)(F)F)c5c4C(F)(F)[C@@H]4CC[C@H]54)c(-c4cccc5c4CNC5=O)cc3s2)C1. The Hall–Kier alpha value is -5.10. The molecule has 1 saturated carbocycles. The number of aliphatic hydroxyl groups is 1. The molecule has 0 bridgehead atoms. The maximum absolute atomic E-state index is 15.6. The van der Waals surface area contributed by atoms with Crippen molar-refractivity contribution in [3.63, 3.8) is 0 Å². The van der Waals surface area contributed by atoms with Gasteiger partial charge in [0.05, 0.1) is 35.1 Å². The van der Waals surface area contributed by atoms with Crippen LogP contribution in [0.15, 0.2) is 42.5 Å². The van der Waals surface area contributed by atoms with Crippen LogP contribution in [0.3, 0.4) is 0 Å². The Bertz CT molecular complexity index is 2420. The molecule has 3 N–H and O–H groups in total. The van der Waals surface area contributed by atoms with Crippen LogP contribution in [0.5, 0.6) is 0 Å². The number of nitrogens with zero attached hydrogens (tertiary/aromatic N) is 5. The Balaban J connectivity index is 1.16. The van der Waals surface area contributed by atoms with Crippen LogP contribution in [0.2, 0.25) is 0 Å². The molecule has 55 heavy (non-hydrogen) atoms. The average Bonchev–Trinajstić information content (AvgIpc) is 3.79. The standard InChI is InChI=1S/C37H30F7N7O3S/c1-35(54)14-50(15-35)34-48-32-26(55-34)11-22(19-3-2-4-20-23(19)12-45-33(20)53)29(47-32)25(9-16-7-17(38)10-18(39)8-16)46-27(52)13-51-31-28(30(49-51)37(42,43)44)21-5-6-24(21)36(31,40)41/h2-4,7-8,10-11,21,24-25,54H,5-6,9,12-15H2,1H3,(H,45,53)(H,46,52)/t21-,24+,25-/m0/s1. The molecule has 3 aromatic heterocycles. The van der Waals surface area contributed by atoms with Crippen molar-refractivity contribution in [2.45, 2.75) is 68.9 Å². The van der Waals surface area contributed by atoms with E-state index in [4.69, 9.17) is 4.98 Å². The number of alkyl halides is 5. The van der Waals surface area contributed by atoms with Crippen molar-refractivity contribution in [1.82, 2.24) is 30.4 Å². The summed E-state index contributed by atoms with van der Waals surface area (Å²) in [5, 5.41) is 19.9. The molecule has 2 aromatic carbocycles. The number of hydrogen-bond donors (Lipinski definition) is 3. The number of amides is 2. The van der Waals surface area contributed by atoms with Gasteiger partial charge < -0.3 is 20.6 Å². The predicted octanol–water partition coefficient (Wildman–Crippen LogP) is 6.37. The molecular formula is C37H30F7N7O3S. The molecule has 0 unspecified atom stereocenters. The Labute approximate surface area is 311 Å². The lowest BCUT2D eigenvalue weighted by atomic mass is 9.73. The molecule has 2 fully saturated rings. The second-order valence-electron chi connectivity index (χ2n) is 14.9. The van der Waals surface area contributed by atoms with Gasteiger partial charge in [-0.3, -0.25) is 14.3 Å². The quantitative estimate of drug-likeness (QED) is 0.156. The van der Waals surface area contributed by atoms with Crippen molar-refractivity contribution in [2.75, 3.05) is 18.0 Å². The molecule has 0 radical (unpaired) electrons. The van der Waals surface area contributed by atoms with E-state index in [0.29, 0.717) is 55.9 Å². The van der Waals surface area contributed by atoms with E-state index in [1.54, 1.807) is 31.2 Å². The fourth-order valence-electron chi connectivity index (χ4n) is 8.41. The Morgan fingerprint density at radius 2 is 1.80 bits per heavy atom. The lowest BCUT2D eigenvalue weighted by molar-refractivity contribution is -0.144. The highest BCUT2D eigenvalue weighted by atomic mass is 32.1. The summed E-state index contributed by atoms with van der Waals surface area (Å²) < 4.78 is 104. The summed E-state index contributed by atoms with van der Waals surface area (Å²) in [4.78, 5) is 38.0. The van der Waals surface area contributed by atoms with Gasteiger partial charge in [-0.15, -0.1) is 0 Å². The third-order valence-corrected chi connectivity index (χ3v) is 11.9. The molecule has 4 aliphatic rings. The first-order valence-corrected chi connectivity index (χ1v) is 18.3. The van der Waals surface area contributed by atoms with Gasteiger partial charge in [0, 0.05) is 35.2 Å². The van der Waals surface area contributed by atoms with E-state index in [-0.39, 0.29) is 48.6 Å². The Morgan fingerprint density at radius 3 is 2.47 bits per heavy atom. The van der Waals surface area contributed by atoms with Gasteiger partial charge in [-0.1, -0.05) is 23.5 Å². The Morgan fingerprint density at radius 1 is 1.07 bits per heavy atom. The van der Waals surface area contributed by atoms with Gasteiger partial charge in [0.15, 0.2) is 16.5 Å². The highest BCUT2D eigenvalue weighted by molar-refractivity contribution is 7.22. The van der Waals surface area contributed by atoms with E-state index < -0.39 is 76.6 Å². The van der Waals surface area contributed by atoms with Gasteiger partial charge >= 0.3 is 6.18 Å². The molecule has 5 aromatic rings. The van der Waals surface area contributed by atoms with Crippen molar-refractivity contribution in [2.24, 2.45) is 5.92 Å². The lowest BCUT2D eigenvalue weighted by Crippen LogP contribution is -2.60. The number of anilines is 1. The van der Waals surface area contributed by atoms with Gasteiger partial charge in [-0.2, -0.15) is 32.0 Å². The minimum atomic E-state index is -5.05. The third kappa shape index (κ3) is 5.91. The summed E-state index contributed by atoms with van der Waals surface area (Å²) >= 11 is 1.29. The lowest BCUT2D eigenvalue weighted by Gasteiger charge is -2.43. The highest BCUT2D eigenvalue weighted by Gasteiger charge is 2.63. The molecule has 10 nitrogen and oxygen atoms in total. The van der Waals surface area contributed by atoms with Crippen LogP contribution in [0, 0.1) is 17.6 Å². The van der Waals surface area contributed by atoms with E-state index in [1.165, 1.54) is 11.3 Å². The first-order valence-electron chi connectivity index (χ1n) is 17.5. The molecule has 9 rings (SSSR count). The zero-order valence-electron chi connectivity index (χ0n) is 28.8. The van der Waals surface area contributed by atoms with Crippen LogP contribution >= 0.6 is 11.3 Å². The normalized spacial score (nSPS) is 21.0. The highest BCUT2D eigenvalue weighted by Crippen LogP contribution is 2.64. The molecule has 3 atom stereocenters. The smallest absolute Gasteiger partial charge is 0.386 e. The van der Waals surface area contributed by atoms with Crippen LogP contribution in [-0.4, -0.2) is 55.4 Å². The van der Waals surface area contributed by atoms with Crippen molar-refractivity contribution in [1.29, 1.82) is 0 Å². The average molecular weight is 786 g/mol. The number of carbonyl (C=O) groups is 2. The summed E-state index contributed by atoms with van der Waals surface area (Å²) in [7, 11) is 0. The number of pyridine rings is 1. The number of halogens is 7. The third-order valence-electron chi connectivity index (χ3n) is 10.9. The summed E-state index contributed by atoms with van der Waals surface area (Å²) in [6.45, 7) is 1.45. The predicted molar refractivity (Wildman–Crippen MR) is 184 cm³/mol. The number of rotatable bonds is 8. The minimum Gasteiger partial charge on any atom is -0.386 e. The summed E-state index contributed by atoms with van der Waals surface area (Å²) in [5.41, 5.74) is -1.49. The molecule has 0 spiro atoms. The zero-order chi connectivity index (χ0) is 38.8. The van der Waals surface area contributed by atoms with Crippen LogP contribution in [0.1, 0.15) is 75.9 Å². The summed E-state index contributed by atoms with van der Waals surface area (Å²) in [5.74, 6) is -9.16. The minimum absolute atomic E-state index is 0.0265. The second kappa shape index (κ2) is 12.2. The van der Waals surface area contributed by atoms with Crippen molar-refractivity contribution in [3.05, 3.63) is 93.4 Å². The number of carbonyl (C=O) groups excluding carboxylic acids is 2. The van der Waals surface area contributed by atoms with Crippen LogP contribution in [0.4, 0.5) is 35.9 Å². The fraction of sp³-hybridized carbons (Fsp3) is 0.378. The van der Waals surface area contributed by atoms with Crippen LogP contribution in [0.25, 0.3) is 21.5 Å². The van der Waals surface area contributed by atoms with E-state index in [0.717, 1.165) is 12.1 Å². The Kier molecular flexibility index (Phi) is 7.89. The first-order chi connectivity index (χ1) is 26.0. The number of fused-ring (bicyclic) bond motifs is 5. The maximum atomic E-state index is 15.6.